The van der Waals surface area contributed by atoms with Crippen LogP contribution < -0.4 is 5.32 Å². The monoisotopic (exact) mass is 387 g/mol. The fourth-order valence-electron chi connectivity index (χ4n) is 3.18. The second kappa shape index (κ2) is 8.00. The van der Waals surface area contributed by atoms with Gasteiger partial charge in [0.05, 0.1) is 11.8 Å². The standard InChI is InChI=1S/C20H22FN3O2S/c1-11(2)26-15-7-12(3)18(13(4)8-15)16-10-27-20(23-16)24-19(25)14-5-6-22-17(21)9-14/h5-12,18H,1-4H3,(H,23,24,25). The molecule has 1 N–H and O–H groups in total. The van der Waals surface area contributed by atoms with Crippen molar-refractivity contribution in [2.75, 3.05) is 5.32 Å². The van der Waals surface area contributed by atoms with Gasteiger partial charge in [-0.1, -0.05) is 12.5 Å². The number of halogens is 1. The highest BCUT2D eigenvalue weighted by Gasteiger charge is 2.27. The van der Waals surface area contributed by atoms with Crippen molar-refractivity contribution in [2.24, 2.45) is 5.92 Å². The summed E-state index contributed by atoms with van der Waals surface area (Å²) in [5.74, 6) is 0.141. The van der Waals surface area contributed by atoms with Crippen LogP contribution in [0.4, 0.5) is 9.52 Å². The lowest BCUT2D eigenvalue weighted by Crippen LogP contribution is -2.16. The molecule has 2 unspecified atom stereocenters. The SMILES string of the molecule is CC1=CC(OC(C)C)=CC(C)C1c1csc(NC(=O)c2ccnc(F)c2)n1. The molecule has 0 radical (unpaired) electrons. The number of carbonyl (C=O) groups is 1. The molecule has 142 valence electrons. The first-order valence-corrected chi connectivity index (χ1v) is 9.66. The molecule has 3 rings (SSSR count). The molecule has 0 saturated heterocycles. The fraction of sp³-hybridized carbons (Fsp3) is 0.350. The quantitative estimate of drug-likeness (QED) is 0.740. The Balaban J connectivity index is 1.73. The summed E-state index contributed by atoms with van der Waals surface area (Å²) < 4.78 is 19.0. The molecule has 27 heavy (non-hydrogen) atoms. The number of hydrogen-bond acceptors (Lipinski definition) is 5. The molecule has 7 heteroatoms. The molecule has 2 aromatic rings. The van der Waals surface area contributed by atoms with Crippen LogP contribution in [-0.2, 0) is 4.74 Å². The predicted molar refractivity (Wildman–Crippen MR) is 104 cm³/mol. The highest BCUT2D eigenvalue weighted by atomic mass is 32.1. The van der Waals surface area contributed by atoms with Crippen LogP contribution in [0, 0.1) is 11.9 Å². The summed E-state index contributed by atoms with van der Waals surface area (Å²) >= 11 is 1.35. The summed E-state index contributed by atoms with van der Waals surface area (Å²) in [4.78, 5) is 20.3. The van der Waals surface area contributed by atoms with Gasteiger partial charge in [-0.3, -0.25) is 10.1 Å². The van der Waals surface area contributed by atoms with Gasteiger partial charge in [0.15, 0.2) is 5.13 Å². The van der Waals surface area contributed by atoms with Crippen LogP contribution in [0.25, 0.3) is 0 Å². The van der Waals surface area contributed by atoms with Gasteiger partial charge >= 0.3 is 0 Å². The molecular formula is C20H22FN3O2S. The van der Waals surface area contributed by atoms with Crippen molar-refractivity contribution >= 4 is 22.4 Å². The Morgan fingerprint density at radius 3 is 2.85 bits per heavy atom. The minimum atomic E-state index is -0.689. The number of aromatic nitrogens is 2. The van der Waals surface area contributed by atoms with E-state index in [1.807, 2.05) is 25.3 Å². The molecule has 2 atom stereocenters. The number of rotatable bonds is 5. The Kier molecular flexibility index (Phi) is 5.70. The maximum Gasteiger partial charge on any atom is 0.257 e. The summed E-state index contributed by atoms with van der Waals surface area (Å²) in [6.07, 6.45) is 5.54. The van der Waals surface area contributed by atoms with E-state index in [4.69, 9.17) is 4.74 Å². The molecule has 0 bridgehead atoms. The highest BCUT2D eigenvalue weighted by molar-refractivity contribution is 7.14. The second-order valence-electron chi connectivity index (χ2n) is 6.86. The Hall–Kier alpha value is -2.54. The molecule has 0 saturated carbocycles. The second-order valence-corrected chi connectivity index (χ2v) is 7.72. The van der Waals surface area contributed by atoms with E-state index in [1.54, 1.807) is 0 Å². The average Bonchev–Trinajstić information content (AvgIpc) is 3.01. The van der Waals surface area contributed by atoms with Gasteiger partial charge in [-0.2, -0.15) is 4.39 Å². The van der Waals surface area contributed by atoms with E-state index in [2.05, 4.69) is 35.2 Å². The number of anilines is 1. The Bertz CT molecular complexity index is 904. The van der Waals surface area contributed by atoms with Gasteiger partial charge in [0.25, 0.3) is 5.91 Å². The van der Waals surface area contributed by atoms with Crippen molar-refractivity contribution in [2.45, 2.75) is 39.7 Å². The van der Waals surface area contributed by atoms with Crippen LogP contribution in [0.5, 0.6) is 0 Å². The number of nitrogens with one attached hydrogen (secondary N) is 1. The lowest BCUT2D eigenvalue weighted by Gasteiger charge is -2.27. The van der Waals surface area contributed by atoms with Gasteiger partial charge in [0.1, 0.15) is 5.76 Å². The van der Waals surface area contributed by atoms with Crippen molar-refractivity contribution in [3.8, 4) is 0 Å². The number of pyridine rings is 1. The zero-order chi connectivity index (χ0) is 19.6. The Labute approximate surface area is 162 Å². The summed E-state index contributed by atoms with van der Waals surface area (Å²) in [6.45, 7) is 8.20. The first-order valence-electron chi connectivity index (χ1n) is 8.78. The number of amides is 1. The molecule has 0 spiro atoms. The lowest BCUT2D eigenvalue weighted by molar-refractivity contribution is 0.102. The molecule has 0 aliphatic heterocycles. The average molecular weight is 387 g/mol. The maximum absolute atomic E-state index is 13.2. The first-order chi connectivity index (χ1) is 12.8. The molecule has 5 nitrogen and oxygen atoms in total. The molecule has 0 aromatic carbocycles. The zero-order valence-corrected chi connectivity index (χ0v) is 16.5. The van der Waals surface area contributed by atoms with E-state index >= 15 is 0 Å². The van der Waals surface area contributed by atoms with Gasteiger partial charge in [-0.15, -0.1) is 11.3 Å². The van der Waals surface area contributed by atoms with E-state index in [1.165, 1.54) is 29.2 Å². The number of allylic oxidation sites excluding steroid dienone is 3. The van der Waals surface area contributed by atoms with Gasteiger partial charge in [-0.25, -0.2) is 9.97 Å². The van der Waals surface area contributed by atoms with Crippen molar-refractivity contribution in [1.29, 1.82) is 0 Å². The summed E-state index contributed by atoms with van der Waals surface area (Å²) in [5.41, 5.74) is 2.28. The Morgan fingerprint density at radius 1 is 1.41 bits per heavy atom. The number of thiazole rings is 1. The van der Waals surface area contributed by atoms with Crippen molar-refractivity contribution in [3.63, 3.8) is 0 Å². The lowest BCUT2D eigenvalue weighted by atomic mass is 9.81. The molecule has 0 fully saturated rings. The Morgan fingerprint density at radius 2 is 2.19 bits per heavy atom. The molecule has 2 heterocycles. The first kappa shape index (κ1) is 19.2. The number of ether oxygens (including phenoxy) is 1. The van der Waals surface area contributed by atoms with Crippen LogP contribution in [-0.4, -0.2) is 22.0 Å². The van der Waals surface area contributed by atoms with Gasteiger partial charge in [0, 0.05) is 29.1 Å². The van der Waals surface area contributed by atoms with Crippen molar-refractivity contribution < 1.29 is 13.9 Å². The summed E-state index contributed by atoms with van der Waals surface area (Å²) in [7, 11) is 0. The third-order valence-electron chi connectivity index (χ3n) is 4.24. The maximum atomic E-state index is 13.2. The largest absolute Gasteiger partial charge is 0.491 e. The number of carbonyl (C=O) groups excluding carboxylic acids is 1. The van der Waals surface area contributed by atoms with E-state index in [0.717, 1.165) is 17.5 Å². The minimum absolute atomic E-state index is 0.128. The van der Waals surface area contributed by atoms with Crippen molar-refractivity contribution in [1.82, 2.24) is 9.97 Å². The zero-order valence-electron chi connectivity index (χ0n) is 15.7. The normalized spacial score (nSPS) is 19.5. The predicted octanol–water partition coefficient (Wildman–Crippen LogP) is 4.92. The summed E-state index contributed by atoms with van der Waals surface area (Å²) in [5, 5.41) is 5.16. The van der Waals surface area contributed by atoms with E-state index < -0.39 is 11.9 Å². The van der Waals surface area contributed by atoms with Crippen LogP contribution in [0.3, 0.4) is 0 Å². The highest BCUT2D eigenvalue weighted by Crippen LogP contribution is 2.38. The topological polar surface area (TPSA) is 64.1 Å². The van der Waals surface area contributed by atoms with Gasteiger partial charge < -0.3 is 4.74 Å². The molecule has 1 amide bonds. The molecule has 2 aromatic heterocycles. The van der Waals surface area contributed by atoms with E-state index in [0.29, 0.717) is 5.13 Å². The van der Waals surface area contributed by atoms with Gasteiger partial charge in [-0.05, 0) is 44.9 Å². The summed E-state index contributed by atoms with van der Waals surface area (Å²) in [6, 6.07) is 2.56. The number of nitrogens with zero attached hydrogens (tertiary/aromatic N) is 2. The third-order valence-corrected chi connectivity index (χ3v) is 5.01. The van der Waals surface area contributed by atoms with Crippen molar-refractivity contribution in [3.05, 3.63) is 64.4 Å². The smallest absolute Gasteiger partial charge is 0.257 e. The molecular weight excluding hydrogens is 365 g/mol. The van der Waals surface area contributed by atoms with E-state index in [9.17, 15) is 9.18 Å². The molecule has 1 aliphatic carbocycles. The molecule has 1 aliphatic rings. The van der Waals surface area contributed by atoms with Crippen LogP contribution in [0.1, 0.15) is 49.7 Å². The van der Waals surface area contributed by atoms with Crippen LogP contribution in [0.15, 0.2) is 47.2 Å². The van der Waals surface area contributed by atoms with Crippen LogP contribution in [0.2, 0.25) is 0 Å². The fourth-order valence-corrected chi connectivity index (χ4v) is 3.92. The van der Waals surface area contributed by atoms with E-state index in [-0.39, 0.29) is 23.5 Å². The third kappa shape index (κ3) is 4.60. The minimum Gasteiger partial charge on any atom is -0.491 e. The van der Waals surface area contributed by atoms with Gasteiger partial charge in [0.2, 0.25) is 5.95 Å². The number of hydrogen-bond donors (Lipinski definition) is 1. The van der Waals surface area contributed by atoms with Crippen LogP contribution >= 0.6 is 11.3 Å².